The SMILES string of the molecule is COc1ccc(C(=O)N2C3CC[C@@H]2[C@@H]2CNC[C@H]32)cn1. The van der Waals surface area contributed by atoms with E-state index in [2.05, 4.69) is 15.2 Å². The highest BCUT2D eigenvalue weighted by molar-refractivity contribution is 5.95. The first kappa shape index (κ1) is 12.1. The molecule has 3 aliphatic heterocycles. The number of amides is 1. The van der Waals surface area contributed by atoms with E-state index in [0.29, 0.717) is 35.4 Å². The number of hydrogen-bond acceptors (Lipinski definition) is 4. The van der Waals surface area contributed by atoms with Gasteiger partial charge in [-0.2, -0.15) is 0 Å². The number of carbonyl (C=O) groups is 1. The third-order valence-electron chi connectivity index (χ3n) is 5.20. The zero-order chi connectivity index (χ0) is 13.7. The van der Waals surface area contributed by atoms with Crippen molar-refractivity contribution in [2.24, 2.45) is 11.8 Å². The number of ether oxygens (including phenoxy) is 1. The van der Waals surface area contributed by atoms with E-state index < -0.39 is 0 Å². The molecule has 1 aromatic rings. The molecule has 2 bridgehead atoms. The first-order chi connectivity index (χ1) is 9.79. The van der Waals surface area contributed by atoms with Crippen molar-refractivity contribution in [3.05, 3.63) is 23.9 Å². The Morgan fingerprint density at radius 3 is 2.55 bits per heavy atom. The quantitative estimate of drug-likeness (QED) is 0.870. The van der Waals surface area contributed by atoms with Crippen molar-refractivity contribution in [3.63, 3.8) is 0 Å². The summed E-state index contributed by atoms with van der Waals surface area (Å²) in [6, 6.07) is 4.43. The van der Waals surface area contributed by atoms with Crippen LogP contribution in [0.1, 0.15) is 23.2 Å². The number of fused-ring (bicyclic) bond motifs is 5. The highest BCUT2D eigenvalue weighted by atomic mass is 16.5. The summed E-state index contributed by atoms with van der Waals surface area (Å²) >= 11 is 0. The van der Waals surface area contributed by atoms with E-state index in [4.69, 9.17) is 4.74 Å². The number of carbonyl (C=O) groups excluding carboxylic acids is 1. The third-order valence-corrected chi connectivity index (χ3v) is 5.20. The van der Waals surface area contributed by atoms with E-state index in [1.54, 1.807) is 19.4 Å². The van der Waals surface area contributed by atoms with Crippen LogP contribution in [0.25, 0.3) is 0 Å². The molecule has 0 aliphatic carbocycles. The Labute approximate surface area is 118 Å². The fourth-order valence-electron chi connectivity index (χ4n) is 4.35. The Bertz CT molecular complexity index is 512. The second-order valence-corrected chi connectivity index (χ2v) is 6.00. The lowest BCUT2D eigenvalue weighted by Crippen LogP contribution is -2.39. The number of nitrogens with one attached hydrogen (secondary N) is 1. The standard InChI is InChI=1S/C15H19N3O2/c1-20-14-5-2-9(6-17-14)15(19)18-12-3-4-13(18)11-8-16-7-10(11)12/h2,5-6,10-13,16H,3-4,7-8H2,1H3/t10-,11+,12-,13?/m1/s1. The molecule has 1 unspecified atom stereocenters. The van der Waals surface area contributed by atoms with Crippen molar-refractivity contribution >= 4 is 5.91 Å². The smallest absolute Gasteiger partial charge is 0.255 e. The predicted molar refractivity (Wildman–Crippen MR) is 73.6 cm³/mol. The lowest BCUT2D eigenvalue weighted by atomic mass is 9.82. The molecule has 1 N–H and O–H groups in total. The topological polar surface area (TPSA) is 54.5 Å². The minimum absolute atomic E-state index is 0.141. The maximum Gasteiger partial charge on any atom is 0.255 e. The van der Waals surface area contributed by atoms with Crippen LogP contribution in [0.3, 0.4) is 0 Å². The van der Waals surface area contributed by atoms with Gasteiger partial charge in [0.05, 0.1) is 12.7 Å². The zero-order valence-corrected chi connectivity index (χ0v) is 11.6. The minimum atomic E-state index is 0.141. The largest absolute Gasteiger partial charge is 0.481 e. The second-order valence-electron chi connectivity index (χ2n) is 6.00. The van der Waals surface area contributed by atoms with Gasteiger partial charge in [-0.15, -0.1) is 0 Å². The summed E-state index contributed by atoms with van der Waals surface area (Å²) in [5.41, 5.74) is 0.677. The average Bonchev–Trinajstić information content (AvgIpc) is 3.18. The summed E-state index contributed by atoms with van der Waals surface area (Å²) in [6.45, 7) is 2.13. The summed E-state index contributed by atoms with van der Waals surface area (Å²) in [4.78, 5) is 19.1. The Morgan fingerprint density at radius 2 is 2.00 bits per heavy atom. The van der Waals surface area contributed by atoms with Gasteiger partial charge in [-0.25, -0.2) is 4.98 Å². The maximum atomic E-state index is 12.8. The van der Waals surface area contributed by atoms with E-state index in [1.165, 1.54) is 0 Å². The van der Waals surface area contributed by atoms with Crippen molar-refractivity contribution in [2.45, 2.75) is 24.9 Å². The van der Waals surface area contributed by atoms with Gasteiger partial charge in [0, 0.05) is 37.4 Å². The highest BCUT2D eigenvalue weighted by Gasteiger charge is 2.56. The van der Waals surface area contributed by atoms with Crippen LogP contribution in [-0.2, 0) is 0 Å². The Morgan fingerprint density at radius 1 is 1.30 bits per heavy atom. The van der Waals surface area contributed by atoms with Crippen LogP contribution in [0, 0.1) is 11.8 Å². The predicted octanol–water partition coefficient (Wildman–Crippen LogP) is 0.913. The number of methoxy groups -OCH3 is 1. The molecule has 0 spiro atoms. The van der Waals surface area contributed by atoms with Crippen LogP contribution in [0.5, 0.6) is 5.88 Å². The normalized spacial score (nSPS) is 34.4. The van der Waals surface area contributed by atoms with E-state index >= 15 is 0 Å². The molecule has 4 rings (SSSR count). The molecule has 106 valence electrons. The Balaban J connectivity index is 1.60. The maximum absolute atomic E-state index is 12.8. The van der Waals surface area contributed by atoms with Crippen LogP contribution < -0.4 is 10.1 Å². The van der Waals surface area contributed by atoms with E-state index in [9.17, 15) is 4.79 Å². The molecular formula is C15H19N3O2. The van der Waals surface area contributed by atoms with Gasteiger partial charge in [-0.1, -0.05) is 0 Å². The summed E-state index contributed by atoms with van der Waals surface area (Å²) in [6.07, 6.45) is 3.94. The van der Waals surface area contributed by atoms with Crippen molar-refractivity contribution < 1.29 is 9.53 Å². The van der Waals surface area contributed by atoms with Gasteiger partial charge >= 0.3 is 0 Å². The van der Waals surface area contributed by atoms with E-state index in [1.807, 2.05) is 6.07 Å². The first-order valence-electron chi connectivity index (χ1n) is 7.33. The number of hydrogen-bond donors (Lipinski definition) is 1. The summed E-state index contributed by atoms with van der Waals surface area (Å²) < 4.78 is 5.05. The van der Waals surface area contributed by atoms with Gasteiger partial charge in [-0.3, -0.25) is 4.79 Å². The van der Waals surface area contributed by atoms with Crippen LogP contribution in [0.2, 0.25) is 0 Å². The molecule has 1 aromatic heterocycles. The summed E-state index contributed by atoms with van der Waals surface area (Å²) in [5.74, 6) is 2.00. The molecular weight excluding hydrogens is 254 g/mol. The van der Waals surface area contributed by atoms with Crippen molar-refractivity contribution in [2.75, 3.05) is 20.2 Å². The fraction of sp³-hybridized carbons (Fsp3) is 0.600. The monoisotopic (exact) mass is 273 g/mol. The molecule has 20 heavy (non-hydrogen) atoms. The number of aromatic nitrogens is 1. The molecule has 0 saturated carbocycles. The van der Waals surface area contributed by atoms with Crippen LogP contribution in [0.4, 0.5) is 0 Å². The minimum Gasteiger partial charge on any atom is -0.481 e. The molecule has 1 amide bonds. The lowest BCUT2D eigenvalue weighted by Gasteiger charge is -2.24. The molecule has 3 saturated heterocycles. The van der Waals surface area contributed by atoms with Crippen molar-refractivity contribution in [1.29, 1.82) is 0 Å². The molecule has 4 atom stereocenters. The Kier molecular flexibility index (Phi) is 2.70. The molecule has 5 nitrogen and oxygen atoms in total. The van der Waals surface area contributed by atoms with Crippen molar-refractivity contribution in [3.8, 4) is 5.88 Å². The van der Waals surface area contributed by atoms with Crippen LogP contribution >= 0.6 is 0 Å². The zero-order valence-electron chi connectivity index (χ0n) is 11.6. The van der Waals surface area contributed by atoms with Crippen LogP contribution in [-0.4, -0.2) is 48.1 Å². The molecule has 3 fully saturated rings. The fourth-order valence-corrected chi connectivity index (χ4v) is 4.35. The van der Waals surface area contributed by atoms with Gasteiger partial charge in [0.2, 0.25) is 5.88 Å². The van der Waals surface area contributed by atoms with Crippen molar-refractivity contribution in [1.82, 2.24) is 15.2 Å². The highest BCUT2D eigenvalue weighted by Crippen LogP contribution is 2.47. The summed E-state index contributed by atoms with van der Waals surface area (Å²) in [7, 11) is 1.58. The number of nitrogens with zero attached hydrogens (tertiary/aromatic N) is 2. The van der Waals surface area contributed by atoms with Gasteiger partial charge in [0.15, 0.2) is 0 Å². The second kappa shape index (κ2) is 4.45. The summed E-state index contributed by atoms with van der Waals surface area (Å²) in [5, 5.41) is 3.47. The third kappa shape index (κ3) is 1.59. The number of pyridine rings is 1. The van der Waals surface area contributed by atoms with Crippen LogP contribution in [0.15, 0.2) is 18.3 Å². The van der Waals surface area contributed by atoms with E-state index in [-0.39, 0.29) is 5.91 Å². The van der Waals surface area contributed by atoms with Gasteiger partial charge < -0.3 is 15.0 Å². The van der Waals surface area contributed by atoms with Gasteiger partial charge in [-0.05, 0) is 30.7 Å². The van der Waals surface area contributed by atoms with Gasteiger partial charge in [0.25, 0.3) is 5.91 Å². The molecule has 4 heterocycles. The molecule has 0 aromatic carbocycles. The lowest BCUT2D eigenvalue weighted by molar-refractivity contribution is 0.0709. The van der Waals surface area contributed by atoms with E-state index in [0.717, 1.165) is 25.9 Å². The molecule has 0 radical (unpaired) electrons. The first-order valence-corrected chi connectivity index (χ1v) is 7.33. The average molecular weight is 273 g/mol. The van der Waals surface area contributed by atoms with Gasteiger partial charge in [0.1, 0.15) is 0 Å². The number of rotatable bonds is 2. The molecule has 5 heteroatoms. The molecule has 3 aliphatic rings. The Hall–Kier alpha value is -1.62.